The van der Waals surface area contributed by atoms with Crippen LogP contribution in [-0.4, -0.2) is 57.1 Å². The first kappa shape index (κ1) is 28.3. The van der Waals surface area contributed by atoms with Crippen LogP contribution in [0, 0.1) is 5.92 Å². The molecule has 0 saturated carbocycles. The Balaban J connectivity index is 2.10. The van der Waals surface area contributed by atoms with Gasteiger partial charge < -0.3 is 15.2 Å². The minimum absolute atomic E-state index is 0.0338. The second kappa shape index (κ2) is 11.9. The third kappa shape index (κ3) is 6.35. The minimum atomic E-state index is -4.97. The van der Waals surface area contributed by atoms with E-state index in [2.05, 4.69) is 15.3 Å². The van der Waals surface area contributed by atoms with Gasteiger partial charge in [0, 0.05) is 18.0 Å². The molecule has 0 saturated heterocycles. The highest BCUT2D eigenvalue weighted by atomic mass is 19.4. The molecule has 0 aliphatic heterocycles. The fourth-order valence-corrected chi connectivity index (χ4v) is 3.72. The number of pyridine rings is 1. The zero-order valence-electron chi connectivity index (χ0n) is 20.7. The van der Waals surface area contributed by atoms with Crippen LogP contribution in [0.1, 0.15) is 13.8 Å². The van der Waals surface area contributed by atoms with E-state index in [9.17, 15) is 32.7 Å². The number of nitrogens with one attached hydrogen (secondary N) is 1. The molecule has 2 N–H and O–H groups in total. The van der Waals surface area contributed by atoms with Crippen molar-refractivity contribution < 1.29 is 32.6 Å². The molecule has 0 aliphatic rings. The topological polar surface area (TPSA) is 127 Å². The Hall–Kier alpha value is -4.26. The SMILES string of the molecule is COC(=O)N(c1ccncc1)c1cnc(-c2ccccc2)n(CC(=O)NC(C(C)C)C(O)C(F)(F)F)c1=O. The van der Waals surface area contributed by atoms with Crippen LogP contribution in [0.4, 0.5) is 29.3 Å². The van der Waals surface area contributed by atoms with E-state index < -0.39 is 48.3 Å². The summed E-state index contributed by atoms with van der Waals surface area (Å²) in [5.74, 6) is -1.72. The van der Waals surface area contributed by atoms with Crippen LogP contribution in [0.3, 0.4) is 0 Å². The Morgan fingerprint density at radius 2 is 1.76 bits per heavy atom. The molecule has 2 atom stereocenters. The molecule has 3 aromatic rings. The average Bonchev–Trinajstić information content (AvgIpc) is 2.89. The first-order chi connectivity index (χ1) is 18.0. The van der Waals surface area contributed by atoms with Gasteiger partial charge in [0.25, 0.3) is 5.56 Å². The summed E-state index contributed by atoms with van der Waals surface area (Å²) in [6, 6.07) is 9.55. The van der Waals surface area contributed by atoms with Gasteiger partial charge in [0.1, 0.15) is 18.1 Å². The van der Waals surface area contributed by atoms with Crippen LogP contribution in [0.15, 0.2) is 65.8 Å². The van der Waals surface area contributed by atoms with Gasteiger partial charge >= 0.3 is 12.3 Å². The van der Waals surface area contributed by atoms with Crippen molar-refractivity contribution in [3.8, 4) is 11.4 Å². The minimum Gasteiger partial charge on any atom is -0.452 e. The number of aromatic nitrogens is 3. The number of rotatable bonds is 8. The predicted octanol–water partition coefficient (Wildman–Crippen LogP) is 3.27. The highest BCUT2D eigenvalue weighted by Crippen LogP contribution is 2.26. The van der Waals surface area contributed by atoms with Crippen molar-refractivity contribution in [1.29, 1.82) is 0 Å². The molecule has 10 nitrogen and oxygen atoms in total. The summed E-state index contributed by atoms with van der Waals surface area (Å²) in [6.07, 6.45) is -4.79. The number of aliphatic hydroxyl groups excluding tert-OH is 1. The number of aliphatic hydroxyl groups is 1. The van der Waals surface area contributed by atoms with Crippen molar-refractivity contribution in [3.05, 3.63) is 71.4 Å². The number of ether oxygens (including phenoxy) is 1. The van der Waals surface area contributed by atoms with E-state index in [1.54, 1.807) is 30.3 Å². The number of nitrogens with zero attached hydrogens (tertiary/aromatic N) is 4. The van der Waals surface area contributed by atoms with Gasteiger partial charge in [0.2, 0.25) is 5.91 Å². The van der Waals surface area contributed by atoms with E-state index in [1.807, 2.05) is 0 Å². The number of hydrogen-bond acceptors (Lipinski definition) is 7. The zero-order chi connectivity index (χ0) is 28.0. The van der Waals surface area contributed by atoms with Gasteiger partial charge in [-0.3, -0.25) is 19.1 Å². The molecular formula is C25H26F3N5O5. The molecule has 0 aliphatic carbocycles. The molecule has 3 rings (SSSR count). The van der Waals surface area contributed by atoms with Crippen LogP contribution < -0.4 is 15.8 Å². The number of carbonyl (C=O) groups excluding carboxylic acids is 2. The van der Waals surface area contributed by atoms with E-state index in [1.165, 1.54) is 38.4 Å². The molecule has 2 aromatic heterocycles. The molecular weight excluding hydrogens is 507 g/mol. The van der Waals surface area contributed by atoms with E-state index in [-0.39, 0.29) is 17.2 Å². The van der Waals surface area contributed by atoms with E-state index in [4.69, 9.17) is 4.74 Å². The normalized spacial score (nSPS) is 13.1. The summed E-state index contributed by atoms with van der Waals surface area (Å²) in [5, 5.41) is 11.9. The number of methoxy groups -OCH3 is 1. The van der Waals surface area contributed by atoms with Gasteiger partial charge in [-0.2, -0.15) is 13.2 Å². The number of carbonyl (C=O) groups is 2. The lowest BCUT2D eigenvalue weighted by Crippen LogP contribution is -2.53. The summed E-state index contributed by atoms with van der Waals surface area (Å²) in [7, 11) is 1.12. The monoisotopic (exact) mass is 533 g/mol. The van der Waals surface area contributed by atoms with E-state index >= 15 is 0 Å². The molecule has 13 heteroatoms. The molecule has 0 bridgehead atoms. The Labute approximate surface area is 215 Å². The van der Waals surface area contributed by atoms with Crippen molar-refractivity contribution in [3.63, 3.8) is 0 Å². The largest absolute Gasteiger partial charge is 0.452 e. The summed E-state index contributed by atoms with van der Waals surface area (Å²) >= 11 is 0. The second-order valence-electron chi connectivity index (χ2n) is 8.56. The van der Waals surface area contributed by atoms with Crippen molar-refractivity contribution in [1.82, 2.24) is 19.9 Å². The maximum Gasteiger partial charge on any atom is 0.418 e. The fraction of sp³-hybridized carbons (Fsp3) is 0.320. The number of anilines is 2. The molecule has 1 aromatic carbocycles. The van der Waals surface area contributed by atoms with Gasteiger partial charge in [-0.15, -0.1) is 0 Å². The van der Waals surface area contributed by atoms with Crippen LogP contribution in [0.25, 0.3) is 11.4 Å². The quantitative estimate of drug-likeness (QED) is 0.455. The Morgan fingerprint density at radius 1 is 1.13 bits per heavy atom. The number of benzene rings is 1. The van der Waals surface area contributed by atoms with Crippen LogP contribution >= 0.6 is 0 Å². The maximum absolute atomic E-state index is 13.7. The molecule has 0 radical (unpaired) electrons. The van der Waals surface area contributed by atoms with Crippen molar-refractivity contribution >= 4 is 23.4 Å². The van der Waals surface area contributed by atoms with Crippen molar-refractivity contribution in [2.45, 2.75) is 38.7 Å². The van der Waals surface area contributed by atoms with E-state index in [0.717, 1.165) is 22.8 Å². The third-order valence-corrected chi connectivity index (χ3v) is 5.60. The van der Waals surface area contributed by atoms with Crippen molar-refractivity contribution in [2.24, 2.45) is 5.92 Å². The second-order valence-corrected chi connectivity index (χ2v) is 8.56. The van der Waals surface area contributed by atoms with Gasteiger partial charge in [-0.05, 0) is 18.1 Å². The van der Waals surface area contributed by atoms with E-state index in [0.29, 0.717) is 5.56 Å². The van der Waals surface area contributed by atoms with Crippen molar-refractivity contribution in [2.75, 3.05) is 12.0 Å². The highest BCUT2D eigenvalue weighted by molar-refractivity contribution is 5.95. The average molecular weight is 534 g/mol. The van der Waals surface area contributed by atoms with Gasteiger partial charge in [-0.25, -0.2) is 14.7 Å². The lowest BCUT2D eigenvalue weighted by Gasteiger charge is -2.29. The molecule has 2 heterocycles. The lowest BCUT2D eigenvalue weighted by atomic mass is 9.98. The number of hydrogen-bond donors (Lipinski definition) is 2. The molecule has 0 fully saturated rings. The molecule has 2 amide bonds. The number of alkyl halides is 3. The molecule has 38 heavy (non-hydrogen) atoms. The van der Waals surface area contributed by atoms with Crippen LogP contribution in [0.2, 0.25) is 0 Å². The molecule has 0 spiro atoms. The van der Waals surface area contributed by atoms with Gasteiger partial charge in [0.05, 0.1) is 25.0 Å². The summed E-state index contributed by atoms with van der Waals surface area (Å²) in [5.41, 5.74) is -0.449. The third-order valence-electron chi connectivity index (χ3n) is 5.60. The Morgan fingerprint density at radius 3 is 2.32 bits per heavy atom. The fourth-order valence-electron chi connectivity index (χ4n) is 3.72. The number of halogens is 3. The summed E-state index contributed by atoms with van der Waals surface area (Å²) in [6.45, 7) is 2.07. The molecule has 202 valence electrons. The summed E-state index contributed by atoms with van der Waals surface area (Å²) in [4.78, 5) is 48.4. The standard InChI is InChI=1S/C25H26F3N5O5/c1-15(2)20(21(35)25(26,27)28)31-19(34)14-32-22(16-7-5-4-6-8-16)30-13-18(23(32)36)33(24(37)38-3)17-9-11-29-12-10-17/h4-13,15,20-21,35H,14H2,1-3H3,(H,31,34). The molecule has 2 unspecified atom stereocenters. The first-order valence-electron chi connectivity index (χ1n) is 11.4. The van der Waals surface area contributed by atoms with Crippen LogP contribution in [-0.2, 0) is 16.1 Å². The smallest absolute Gasteiger partial charge is 0.418 e. The predicted molar refractivity (Wildman–Crippen MR) is 132 cm³/mol. The Bertz CT molecular complexity index is 1320. The van der Waals surface area contributed by atoms with Gasteiger partial charge in [-0.1, -0.05) is 44.2 Å². The summed E-state index contributed by atoms with van der Waals surface area (Å²) < 4.78 is 45.3. The number of amides is 2. The van der Waals surface area contributed by atoms with Crippen LogP contribution in [0.5, 0.6) is 0 Å². The zero-order valence-corrected chi connectivity index (χ0v) is 20.7. The van der Waals surface area contributed by atoms with Gasteiger partial charge in [0.15, 0.2) is 6.10 Å². The lowest BCUT2D eigenvalue weighted by molar-refractivity contribution is -0.215. The Kier molecular flexibility index (Phi) is 8.84. The maximum atomic E-state index is 13.7. The first-order valence-corrected chi connectivity index (χ1v) is 11.4. The highest BCUT2D eigenvalue weighted by Gasteiger charge is 2.45.